The number of nitrogen functional groups attached to an aromatic ring is 1. The molecule has 6 heteroatoms. The first kappa shape index (κ1) is 15.4. The molecule has 2 heterocycles. The predicted octanol–water partition coefficient (Wildman–Crippen LogP) is 2.44. The molecule has 1 aromatic heterocycles. The van der Waals surface area contributed by atoms with Crippen LogP contribution in [0.4, 0.5) is 11.6 Å². The van der Waals surface area contributed by atoms with Gasteiger partial charge in [0.1, 0.15) is 17.5 Å². The molecular formula is C14H25N5S. The molecule has 1 saturated heterocycles. The van der Waals surface area contributed by atoms with E-state index >= 15 is 0 Å². The molecular weight excluding hydrogens is 270 g/mol. The molecule has 1 aromatic rings. The lowest BCUT2D eigenvalue weighted by Crippen LogP contribution is -2.28. The van der Waals surface area contributed by atoms with Gasteiger partial charge in [0.25, 0.3) is 0 Å². The van der Waals surface area contributed by atoms with Crippen molar-refractivity contribution in [3.8, 4) is 0 Å². The second-order valence-corrected chi connectivity index (χ2v) is 7.57. The number of aromatic nitrogens is 2. The van der Waals surface area contributed by atoms with Crippen molar-refractivity contribution in [2.45, 2.75) is 44.8 Å². The molecule has 0 bridgehead atoms. The predicted molar refractivity (Wildman–Crippen MR) is 87.2 cm³/mol. The van der Waals surface area contributed by atoms with Gasteiger partial charge in [-0.25, -0.2) is 15.8 Å². The van der Waals surface area contributed by atoms with E-state index in [1.807, 2.05) is 17.8 Å². The van der Waals surface area contributed by atoms with E-state index in [1.54, 1.807) is 0 Å². The third-order valence-corrected chi connectivity index (χ3v) is 4.91. The van der Waals surface area contributed by atoms with E-state index in [9.17, 15) is 0 Å². The van der Waals surface area contributed by atoms with Gasteiger partial charge in [-0.3, -0.25) is 0 Å². The Bertz CT molecular complexity index is 449. The normalized spacial score (nSPS) is 18.7. The number of thioether (sulfide) groups is 1. The Morgan fingerprint density at radius 3 is 2.90 bits per heavy atom. The van der Waals surface area contributed by atoms with Gasteiger partial charge in [-0.05, 0) is 12.8 Å². The highest BCUT2D eigenvalue weighted by Crippen LogP contribution is 2.32. The molecule has 3 N–H and O–H groups in total. The fourth-order valence-corrected chi connectivity index (χ4v) is 3.40. The minimum Gasteiger partial charge on any atom is -0.356 e. The van der Waals surface area contributed by atoms with Gasteiger partial charge >= 0.3 is 0 Å². The molecule has 0 aromatic carbocycles. The van der Waals surface area contributed by atoms with Crippen LogP contribution in [0.15, 0.2) is 6.07 Å². The van der Waals surface area contributed by atoms with Crippen molar-refractivity contribution in [3.63, 3.8) is 0 Å². The molecule has 0 aliphatic carbocycles. The number of nitrogens with zero attached hydrogens (tertiary/aromatic N) is 3. The van der Waals surface area contributed by atoms with Crippen LogP contribution in [-0.2, 0) is 6.42 Å². The minimum atomic E-state index is 0.350. The summed E-state index contributed by atoms with van der Waals surface area (Å²) < 4.78 is 0.350. The summed E-state index contributed by atoms with van der Waals surface area (Å²) in [5.41, 5.74) is 2.65. The van der Waals surface area contributed by atoms with Crippen LogP contribution in [-0.4, -0.2) is 33.6 Å². The van der Waals surface area contributed by atoms with Crippen molar-refractivity contribution >= 4 is 23.4 Å². The average molecular weight is 295 g/mol. The Morgan fingerprint density at radius 1 is 1.40 bits per heavy atom. The van der Waals surface area contributed by atoms with E-state index in [2.05, 4.69) is 36.1 Å². The Morgan fingerprint density at radius 2 is 2.20 bits per heavy atom. The zero-order valence-corrected chi connectivity index (χ0v) is 13.5. The quantitative estimate of drug-likeness (QED) is 0.657. The van der Waals surface area contributed by atoms with Gasteiger partial charge in [-0.15, -0.1) is 0 Å². The molecule has 0 amide bonds. The van der Waals surface area contributed by atoms with Crippen LogP contribution in [0.1, 0.15) is 39.4 Å². The van der Waals surface area contributed by atoms with Crippen LogP contribution in [0.3, 0.4) is 0 Å². The smallest absolute Gasteiger partial charge is 0.145 e. The van der Waals surface area contributed by atoms with E-state index in [4.69, 9.17) is 10.8 Å². The summed E-state index contributed by atoms with van der Waals surface area (Å²) in [6, 6.07) is 1.95. The van der Waals surface area contributed by atoms with Crippen LogP contribution in [0.2, 0.25) is 0 Å². The molecule has 20 heavy (non-hydrogen) atoms. The van der Waals surface area contributed by atoms with Crippen LogP contribution in [0.5, 0.6) is 0 Å². The highest BCUT2D eigenvalue weighted by molar-refractivity contribution is 8.00. The fraction of sp³-hybridized carbons (Fsp3) is 0.714. The number of aryl methyl sites for hydroxylation is 1. The number of rotatable bonds is 4. The third-order valence-electron chi connectivity index (χ3n) is 3.54. The minimum absolute atomic E-state index is 0.350. The second kappa shape index (κ2) is 6.63. The van der Waals surface area contributed by atoms with Gasteiger partial charge in [0.2, 0.25) is 0 Å². The lowest BCUT2D eigenvalue weighted by molar-refractivity contribution is 0.633. The van der Waals surface area contributed by atoms with Gasteiger partial charge in [0.15, 0.2) is 0 Å². The molecule has 0 unspecified atom stereocenters. The van der Waals surface area contributed by atoms with Gasteiger partial charge < -0.3 is 10.3 Å². The SMILES string of the molecule is CCCc1nc(NN)cc(N2CCSC(C)(C)CC2)n1. The fourth-order valence-electron chi connectivity index (χ4n) is 2.30. The number of nitrogens with one attached hydrogen (secondary N) is 1. The number of hydrogen-bond acceptors (Lipinski definition) is 6. The summed E-state index contributed by atoms with van der Waals surface area (Å²) in [6.45, 7) is 8.83. The van der Waals surface area contributed by atoms with E-state index in [0.717, 1.165) is 49.7 Å². The maximum absolute atomic E-state index is 5.52. The molecule has 112 valence electrons. The molecule has 2 rings (SSSR count). The maximum atomic E-state index is 5.52. The van der Waals surface area contributed by atoms with E-state index in [1.165, 1.54) is 0 Å². The number of nitrogens with two attached hydrogens (primary N) is 1. The summed E-state index contributed by atoms with van der Waals surface area (Å²) in [6.07, 6.45) is 3.09. The van der Waals surface area contributed by atoms with Crippen molar-refractivity contribution < 1.29 is 0 Å². The Balaban J connectivity index is 2.20. The van der Waals surface area contributed by atoms with Gasteiger partial charge in [-0.1, -0.05) is 20.8 Å². The van der Waals surface area contributed by atoms with Crippen molar-refractivity contribution in [2.24, 2.45) is 5.84 Å². The first-order valence-corrected chi connectivity index (χ1v) is 8.26. The zero-order chi connectivity index (χ0) is 14.6. The summed E-state index contributed by atoms with van der Waals surface area (Å²) in [5, 5.41) is 0. The Labute approximate surface area is 125 Å². The van der Waals surface area contributed by atoms with E-state index in [0.29, 0.717) is 10.6 Å². The third kappa shape index (κ3) is 3.99. The van der Waals surface area contributed by atoms with Gasteiger partial charge in [0.05, 0.1) is 0 Å². The monoisotopic (exact) mass is 295 g/mol. The Hall–Kier alpha value is -1.01. The van der Waals surface area contributed by atoms with Crippen LogP contribution < -0.4 is 16.2 Å². The number of hydrazine groups is 1. The molecule has 1 aliphatic heterocycles. The number of anilines is 2. The zero-order valence-electron chi connectivity index (χ0n) is 12.6. The molecule has 1 aliphatic rings. The lowest BCUT2D eigenvalue weighted by Gasteiger charge is -2.24. The standard InChI is InChI=1S/C14H25N5S/c1-4-5-11-16-12(18-15)10-13(17-11)19-7-6-14(2,3)20-9-8-19/h10H,4-9,15H2,1-3H3,(H,16,17,18). The summed E-state index contributed by atoms with van der Waals surface area (Å²) in [4.78, 5) is 11.5. The summed E-state index contributed by atoms with van der Waals surface area (Å²) >= 11 is 2.04. The largest absolute Gasteiger partial charge is 0.356 e. The molecule has 1 fully saturated rings. The first-order chi connectivity index (χ1) is 9.54. The van der Waals surface area contributed by atoms with Crippen molar-refractivity contribution in [3.05, 3.63) is 11.9 Å². The maximum Gasteiger partial charge on any atom is 0.145 e. The Kier molecular flexibility index (Phi) is 5.10. The molecule has 0 radical (unpaired) electrons. The van der Waals surface area contributed by atoms with Crippen molar-refractivity contribution in [2.75, 3.05) is 29.2 Å². The van der Waals surface area contributed by atoms with Gasteiger partial charge in [-0.2, -0.15) is 11.8 Å². The molecule has 0 saturated carbocycles. The van der Waals surface area contributed by atoms with Gasteiger partial charge in [0, 0.05) is 36.1 Å². The second-order valence-electron chi connectivity index (χ2n) is 5.77. The summed E-state index contributed by atoms with van der Waals surface area (Å²) in [5.74, 6) is 9.22. The lowest BCUT2D eigenvalue weighted by atomic mass is 10.1. The molecule has 0 spiro atoms. The highest BCUT2D eigenvalue weighted by Gasteiger charge is 2.24. The van der Waals surface area contributed by atoms with E-state index < -0.39 is 0 Å². The average Bonchev–Trinajstić information content (AvgIpc) is 2.59. The van der Waals surface area contributed by atoms with Crippen LogP contribution in [0, 0.1) is 0 Å². The molecule has 0 atom stereocenters. The number of hydrogen-bond donors (Lipinski definition) is 2. The van der Waals surface area contributed by atoms with Crippen LogP contribution in [0.25, 0.3) is 0 Å². The van der Waals surface area contributed by atoms with E-state index in [-0.39, 0.29) is 0 Å². The first-order valence-electron chi connectivity index (χ1n) is 7.27. The van der Waals surface area contributed by atoms with Crippen LogP contribution >= 0.6 is 11.8 Å². The summed E-state index contributed by atoms with van der Waals surface area (Å²) in [7, 11) is 0. The van der Waals surface area contributed by atoms with Crippen molar-refractivity contribution in [1.82, 2.24) is 9.97 Å². The highest BCUT2D eigenvalue weighted by atomic mass is 32.2. The molecule has 5 nitrogen and oxygen atoms in total. The van der Waals surface area contributed by atoms with Crippen molar-refractivity contribution in [1.29, 1.82) is 0 Å². The topological polar surface area (TPSA) is 67.1 Å².